The van der Waals surface area contributed by atoms with Gasteiger partial charge in [0.1, 0.15) is 0 Å². The minimum absolute atomic E-state index is 0.991. The summed E-state index contributed by atoms with van der Waals surface area (Å²) in [5.41, 5.74) is 0. The maximum absolute atomic E-state index is 2.66. The van der Waals surface area contributed by atoms with Crippen LogP contribution in [0, 0.1) is 0 Å². The van der Waals surface area contributed by atoms with Gasteiger partial charge in [-0.05, 0) is 0 Å². The molecule has 134 valence electrons. The Morgan fingerprint density at radius 3 is 1.36 bits per heavy atom. The first kappa shape index (κ1) is 22.8. The Morgan fingerprint density at radius 1 is 0.636 bits per heavy atom. The van der Waals surface area contributed by atoms with Crippen LogP contribution in [0.4, 0.5) is 0 Å². The van der Waals surface area contributed by atoms with Crippen LogP contribution in [-0.2, 0) is 0 Å². The Balaban J connectivity index is 5.17. The van der Waals surface area contributed by atoms with E-state index in [0.717, 1.165) is 4.06 Å². The van der Waals surface area contributed by atoms with Crippen LogP contribution < -0.4 is 0 Å². The predicted octanol–water partition coefficient (Wildman–Crippen LogP) is 6.89. The third-order valence-corrected chi connectivity index (χ3v) is 23.4. The molecule has 0 fully saturated rings. The van der Waals surface area contributed by atoms with E-state index in [1.165, 1.54) is 64.2 Å². The van der Waals surface area contributed by atoms with E-state index in [-0.39, 0.29) is 0 Å². The van der Waals surface area contributed by atoms with E-state index in [4.69, 9.17) is 0 Å². The third kappa shape index (κ3) is 8.57. The molecule has 2 heteroatoms. The van der Waals surface area contributed by atoms with Crippen LogP contribution in [0.1, 0.15) is 91.9 Å². The fourth-order valence-electron chi connectivity index (χ4n) is 4.16. The fourth-order valence-corrected chi connectivity index (χ4v) is 23.7. The van der Waals surface area contributed by atoms with Crippen LogP contribution in [0.25, 0.3) is 0 Å². The zero-order chi connectivity index (χ0) is 16.8. The normalized spacial score (nSPS) is 13.8. The van der Waals surface area contributed by atoms with E-state index in [2.05, 4.69) is 46.7 Å². The Morgan fingerprint density at radius 2 is 1.05 bits per heavy atom. The Kier molecular flexibility index (Phi) is 14.6. The van der Waals surface area contributed by atoms with Crippen LogP contribution in [0.15, 0.2) is 0 Å². The number of hydrogen-bond acceptors (Lipinski definition) is 1. The number of unbranched alkanes of at least 4 members (excludes halogenated alkanes) is 5. The molecule has 0 aliphatic carbocycles. The molecule has 0 N–H and O–H groups in total. The van der Waals surface area contributed by atoms with E-state index in [1.54, 1.807) is 13.3 Å². The molecular weight excluding hydrogens is 373 g/mol. The topological polar surface area (TPSA) is 3.24 Å². The first-order chi connectivity index (χ1) is 10.6. The maximum atomic E-state index is 2.66. The van der Waals surface area contributed by atoms with Crippen molar-refractivity contribution >= 4 is 18.4 Å². The Bertz CT molecular complexity index is 218. The first-order valence-corrected chi connectivity index (χ1v) is 17.9. The van der Waals surface area contributed by atoms with Crippen LogP contribution in [0.2, 0.25) is 13.3 Å². The fraction of sp³-hybridized carbons (Fsp3) is 1.00. The second-order valence-electron chi connectivity index (χ2n) is 7.65. The molecule has 0 aliphatic rings. The van der Waals surface area contributed by atoms with Crippen molar-refractivity contribution in [3.8, 4) is 0 Å². The van der Waals surface area contributed by atoms with Crippen LogP contribution in [0.5, 0.6) is 0 Å². The van der Waals surface area contributed by atoms with Crippen molar-refractivity contribution in [1.29, 1.82) is 0 Å². The Hall–Kier alpha value is 0.759. The SMILES string of the molecule is CCCCC[CH](N(C)C)[Sn]([CH2]CCC)([CH2]CCC)[CH2]CCC. The molecule has 0 aromatic rings. The molecule has 0 amide bonds. The summed E-state index contributed by atoms with van der Waals surface area (Å²) in [5.74, 6) is 0. The van der Waals surface area contributed by atoms with Crippen LogP contribution >= 0.6 is 0 Å². The van der Waals surface area contributed by atoms with Crippen LogP contribution in [0.3, 0.4) is 0 Å². The summed E-state index contributed by atoms with van der Waals surface area (Å²) in [4.78, 5) is 2.66. The average molecular weight is 418 g/mol. The summed E-state index contributed by atoms with van der Waals surface area (Å²) in [5, 5.41) is 0. The van der Waals surface area contributed by atoms with Gasteiger partial charge >= 0.3 is 147 Å². The van der Waals surface area contributed by atoms with Gasteiger partial charge in [-0.1, -0.05) is 0 Å². The molecular formula is C20H45NSn. The van der Waals surface area contributed by atoms with Crippen molar-refractivity contribution in [2.75, 3.05) is 14.1 Å². The zero-order valence-electron chi connectivity index (χ0n) is 16.7. The van der Waals surface area contributed by atoms with Gasteiger partial charge in [-0.25, -0.2) is 0 Å². The van der Waals surface area contributed by atoms with E-state index in [1.807, 2.05) is 0 Å². The summed E-state index contributed by atoms with van der Waals surface area (Å²) < 4.78 is 5.95. The Labute approximate surface area is 146 Å². The molecule has 1 nitrogen and oxygen atoms in total. The molecule has 0 aliphatic heterocycles. The second kappa shape index (κ2) is 14.1. The van der Waals surface area contributed by atoms with Crippen molar-refractivity contribution in [1.82, 2.24) is 4.90 Å². The van der Waals surface area contributed by atoms with Gasteiger partial charge in [0.2, 0.25) is 0 Å². The number of rotatable bonds is 15. The molecule has 0 bridgehead atoms. The van der Waals surface area contributed by atoms with Gasteiger partial charge in [0.25, 0.3) is 0 Å². The summed E-state index contributed by atoms with van der Waals surface area (Å²) in [6, 6.07) is 0. The second-order valence-corrected chi connectivity index (χ2v) is 21.6. The molecule has 1 unspecified atom stereocenters. The van der Waals surface area contributed by atoms with E-state index in [0.29, 0.717) is 0 Å². The molecule has 0 aromatic heterocycles. The van der Waals surface area contributed by atoms with E-state index >= 15 is 0 Å². The molecule has 0 rings (SSSR count). The molecule has 0 spiro atoms. The summed E-state index contributed by atoms with van der Waals surface area (Å²) in [6.45, 7) is 9.50. The number of nitrogens with zero attached hydrogens (tertiary/aromatic N) is 1. The molecule has 0 heterocycles. The standard InChI is InChI=1S/C8H18N.3C4H9.Sn/c1-4-5-6-7-8-9(2)3;3*1-3-4-2;/h8H,4-7H2,1-3H3;3*1,3-4H2,2H3;. The van der Waals surface area contributed by atoms with Crippen molar-refractivity contribution in [2.24, 2.45) is 0 Å². The molecule has 0 saturated heterocycles. The van der Waals surface area contributed by atoms with Gasteiger partial charge < -0.3 is 0 Å². The predicted molar refractivity (Wildman–Crippen MR) is 107 cm³/mol. The van der Waals surface area contributed by atoms with E-state index < -0.39 is 18.4 Å². The molecule has 0 aromatic carbocycles. The quantitative estimate of drug-likeness (QED) is 0.207. The summed E-state index contributed by atoms with van der Waals surface area (Å²) in [7, 11) is 4.76. The first-order valence-electron chi connectivity index (χ1n) is 10.2. The van der Waals surface area contributed by atoms with Gasteiger partial charge in [-0.3, -0.25) is 0 Å². The molecule has 1 atom stereocenters. The van der Waals surface area contributed by atoms with E-state index in [9.17, 15) is 0 Å². The van der Waals surface area contributed by atoms with Gasteiger partial charge in [-0.2, -0.15) is 0 Å². The van der Waals surface area contributed by atoms with Crippen LogP contribution in [-0.4, -0.2) is 41.4 Å². The van der Waals surface area contributed by atoms with Gasteiger partial charge in [-0.15, -0.1) is 0 Å². The van der Waals surface area contributed by atoms with Gasteiger partial charge in [0.15, 0.2) is 0 Å². The molecule has 22 heavy (non-hydrogen) atoms. The van der Waals surface area contributed by atoms with Crippen molar-refractivity contribution in [2.45, 2.75) is 109 Å². The van der Waals surface area contributed by atoms with Gasteiger partial charge in [0, 0.05) is 0 Å². The monoisotopic (exact) mass is 419 g/mol. The van der Waals surface area contributed by atoms with Crippen molar-refractivity contribution in [3.05, 3.63) is 0 Å². The average Bonchev–Trinajstić information content (AvgIpc) is 2.51. The number of hydrogen-bond donors (Lipinski definition) is 0. The molecule has 0 radical (unpaired) electrons. The molecule has 0 saturated carbocycles. The zero-order valence-corrected chi connectivity index (χ0v) is 19.6. The summed E-state index contributed by atoms with van der Waals surface area (Å²) >= 11 is -2.07. The van der Waals surface area contributed by atoms with Crippen molar-refractivity contribution in [3.63, 3.8) is 0 Å². The summed E-state index contributed by atoms with van der Waals surface area (Å²) in [6.07, 6.45) is 14.4. The third-order valence-electron chi connectivity index (χ3n) is 5.50. The minimum atomic E-state index is -2.07. The van der Waals surface area contributed by atoms with Crippen molar-refractivity contribution < 1.29 is 0 Å². The van der Waals surface area contributed by atoms with Gasteiger partial charge in [0.05, 0.1) is 0 Å².